The van der Waals surface area contributed by atoms with Crippen LogP contribution in [0.15, 0.2) is 28.2 Å². The Labute approximate surface area is 111 Å². The quantitative estimate of drug-likeness (QED) is 0.824. The van der Waals surface area contributed by atoms with Gasteiger partial charge in [-0.15, -0.1) is 5.10 Å². The molecule has 0 bridgehead atoms. The molecule has 0 spiro atoms. The van der Waals surface area contributed by atoms with Gasteiger partial charge >= 0.3 is 11.7 Å². The van der Waals surface area contributed by atoms with Crippen molar-refractivity contribution in [3.05, 3.63) is 45.6 Å². The molecule has 1 aromatic heterocycles. The fourth-order valence-electron chi connectivity index (χ4n) is 1.42. The number of benzene rings is 1. The highest BCUT2D eigenvalue weighted by molar-refractivity contribution is 7.98. The van der Waals surface area contributed by atoms with Crippen LogP contribution in [0, 0.1) is 5.82 Å². The topological polar surface area (TPSA) is 88.0 Å². The van der Waals surface area contributed by atoms with Crippen molar-refractivity contribution >= 4 is 17.7 Å². The summed E-state index contributed by atoms with van der Waals surface area (Å²) in [6.45, 7) is 0. The molecule has 0 radical (unpaired) electrons. The fraction of sp³-hybridized carbons (Fsp3) is 0.182. The number of hydrogen-bond donors (Lipinski definition) is 2. The highest BCUT2D eigenvalue weighted by Crippen LogP contribution is 2.22. The fourth-order valence-corrected chi connectivity index (χ4v) is 2.31. The van der Waals surface area contributed by atoms with Gasteiger partial charge in [-0.1, -0.05) is 11.8 Å². The number of nitrogens with one attached hydrogen (secondary N) is 1. The third-order valence-electron chi connectivity index (χ3n) is 2.49. The summed E-state index contributed by atoms with van der Waals surface area (Å²) in [5, 5.41) is 15.3. The van der Waals surface area contributed by atoms with E-state index < -0.39 is 11.8 Å². The van der Waals surface area contributed by atoms with Gasteiger partial charge in [0.15, 0.2) is 5.16 Å². The first kappa shape index (κ1) is 13.3. The van der Waals surface area contributed by atoms with Gasteiger partial charge in [-0.2, -0.15) is 0 Å². The van der Waals surface area contributed by atoms with E-state index in [2.05, 4.69) is 10.2 Å². The summed E-state index contributed by atoms with van der Waals surface area (Å²) < 4.78 is 14.8. The molecule has 19 heavy (non-hydrogen) atoms. The lowest BCUT2D eigenvalue weighted by atomic mass is 10.1. The molecular weight excluding hydrogens is 273 g/mol. The molecule has 2 N–H and O–H groups in total. The summed E-state index contributed by atoms with van der Waals surface area (Å²) in [4.78, 5) is 21.9. The van der Waals surface area contributed by atoms with E-state index in [1.807, 2.05) is 0 Å². The van der Waals surface area contributed by atoms with Gasteiger partial charge in [-0.05, 0) is 23.8 Å². The highest BCUT2D eigenvalue weighted by atomic mass is 32.2. The molecule has 6 nitrogen and oxygen atoms in total. The summed E-state index contributed by atoms with van der Waals surface area (Å²) in [5.41, 5.74) is -0.0875. The zero-order valence-corrected chi connectivity index (χ0v) is 10.7. The van der Waals surface area contributed by atoms with E-state index in [1.54, 1.807) is 0 Å². The molecule has 0 fully saturated rings. The second kappa shape index (κ2) is 5.27. The maximum atomic E-state index is 13.5. The number of nitrogens with zero attached hydrogens (tertiary/aromatic N) is 2. The lowest BCUT2D eigenvalue weighted by Gasteiger charge is -2.04. The van der Waals surface area contributed by atoms with Crippen LogP contribution in [0.5, 0.6) is 0 Å². The predicted molar refractivity (Wildman–Crippen MR) is 66.7 cm³/mol. The molecule has 8 heteroatoms. The Kier molecular flexibility index (Phi) is 3.70. The van der Waals surface area contributed by atoms with Gasteiger partial charge in [0.25, 0.3) is 0 Å². The summed E-state index contributed by atoms with van der Waals surface area (Å²) in [6.07, 6.45) is 0. The van der Waals surface area contributed by atoms with Crippen LogP contribution >= 0.6 is 11.8 Å². The predicted octanol–water partition coefficient (Wildman–Crippen LogP) is 1.24. The number of hydrogen-bond acceptors (Lipinski definition) is 4. The van der Waals surface area contributed by atoms with Crippen LogP contribution in [0.3, 0.4) is 0 Å². The average Bonchev–Trinajstić information content (AvgIpc) is 2.69. The van der Waals surface area contributed by atoms with E-state index in [0.717, 1.165) is 17.8 Å². The molecule has 1 aromatic carbocycles. The Bertz CT molecular complexity index is 680. The van der Waals surface area contributed by atoms with Gasteiger partial charge in [0.05, 0.1) is 5.56 Å². The first-order valence-electron chi connectivity index (χ1n) is 5.25. The normalized spacial score (nSPS) is 10.6. The van der Waals surface area contributed by atoms with E-state index >= 15 is 0 Å². The monoisotopic (exact) mass is 283 g/mol. The molecule has 100 valence electrons. The Balaban J connectivity index is 2.19. The minimum Gasteiger partial charge on any atom is -0.478 e. The standard InChI is InChI=1S/C11H10FN3O3S/c1-15-10(18)13-14-11(15)19-5-7-4-6(9(16)17)2-3-8(7)12/h2-4H,5H2,1H3,(H,13,18)(H,16,17). The lowest BCUT2D eigenvalue weighted by Crippen LogP contribution is -2.12. The maximum Gasteiger partial charge on any atom is 0.343 e. The maximum absolute atomic E-state index is 13.5. The second-order valence-electron chi connectivity index (χ2n) is 3.77. The van der Waals surface area contributed by atoms with Crippen molar-refractivity contribution in [1.29, 1.82) is 0 Å². The van der Waals surface area contributed by atoms with Crippen LogP contribution in [0.4, 0.5) is 4.39 Å². The van der Waals surface area contributed by atoms with E-state index in [1.165, 1.54) is 23.7 Å². The van der Waals surface area contributed by atoms with Crippen molar-refractivity contribution in [2.45, 2.75) is 10.9 Å². The van der Waals surface area contributed by atoms with E-state index in [-0.39, 0.29) is 22.6 Å². The van der Waals surface area contributed by atoms with Gasteiger partial charge < -0.3 is 5.11 Å². The number of aromatic amines is 1. The van der Waals surface area contributed by atoms with Crippen molar-refractivity contribution < 1.29 is 14.3 Å². The largest absolute Gasteiger partial charge is 0.478 e. The molecule has 0 saturated carbocycles. The molecule has 2 rings (SSSR count). The van der Waals surface area contributed by atoms with Gasteiger partial charge in [0, 0.05) is 12.8 Å². The lowest BCUT2D eigenvalue weighted by molar-refractivity contribution is 0.0696. The Morgan fingerprint density at radius 3 is 2.89 bits per heavy atom. The number of rotatable bonds is 4. The summed E-state index contributed by atoms with van der Waals surface area (Å²) in [5.74, 6) is -1.41. The smallest absolute Gasteiger partial charge is 0.343 e. The Morgan fingerprint density at radius 1 is 1.58 bits per heavy atom. The van der Waals surface area contributed by atoms with Crippen LogP contribution in [0.1, 0.15) is 15.9 Å². The molecule has 0 atom stereocenters. The Morgan fingerprint density at radius 2 is 2.32 bits per heavy atom. The van der Waals surface area contributed by atoms with Crippen molar-refractivity contribution in [3.8, 4) is 0 Å². The van der Waals surface area contributed by atoms with E-state index in [0.29, 0.717) is 5.16 Å². The number of carboxylic acid groups (broad SMARTS) is 1. The van der Waals surface area contributed by atoms with Crippen LogP contribution in [0.2, 0.25) is 0 Å². The average molecular weight is 283 g/mol. The highest BCUT2D eigenvalue weighted by Gasteiger charge is 2.11. The van der Waals surface area contributed by atoms with Crippen LogP contribution in [-0.2, 0) is 12.8 Å². The number of aromatic nitrogens is 3. The third-order valence-corrected chi connectivity index (χ3v) is 3.57. The number of carboxylic acids is 1. The number of H-pyrrole nitrogens is 1. The number of halogens is 1. The summed E-state index contributed by atoms with van der Waals surface area (Å²) in [6, 6.07) is 3.59. The van der Waals surface area contributed by atoms with Gasteiger partial charge in [0.2, 0.25) is 0 Å². The van der Waals surface area contributed by atoms with Crippen LogP contribution in [0.25, 0.3) is 0 Å². The van der Waals surface area contributed by atoms with Gasteiger partial charge in [-0.25, -0.2) is 19.1 Å². The molecule has 0 aliphatic heterocycles. The molecule has 1 heterocycles. The Hall–Kier alpha value is -2.09. The van der Waals surface area contributed by atoms with Crippen LogP contribution in [-0.4, -0.2) is 25.8 Å². The van der Waals surface area contributed by atoms with Gasteiger partial charge in [-0.3, -0.25) is 4.57 Å². The molecule has 2 aromatic rings. The van der Waals surface area contributed by atoms with E-state index in [9.17, 15) is 14.0 Å². The van der Waals surface area contributed by atoms with Crippen molar-refractivity contribution in [3.63, 3.8) is 0 Å². The first-order valence-corrected chi connectivity index (χ1v) is 6.23. The number of carbonyl (C=O) groups is 1. The van der Waals surface area contributed by atoms with Gasteiger partial charge in [0.1, 0.15) is 5.82 Å². The molecule has 0 aliphatic rings. The van der Waals surface area contributed by atoms with Crippen molar-refractivity contribution in [2.24, 2.45) is 7.05 Å². The molecule has 0 aliphatic carbocycles. The van der Waals surface area contributed by atoms with Crippen molar-refractivity contribution in [2.75, 3.05) is 0 Å². The van der Waals surface area contributed by atoms with Crippen LogP contribution < -0.4 is 5.69 Å². The second-order valence-corrected chi connectivity index (χ2v) is 4.71. The zero-order valence-electron chi connectivity index (χ0n) is 9.88. The molecule has 0 saturated heterocycles. The molecule has 0 unspecified atom stereocenters. The number of thioether (sulfide) groups is 1. The zero-order chi connectivity index (χ0) is 14.0. The van der Waals surface area contributed by atoms with Crippen molar-refractivity contribution in [1.82, 2.24) is 14.8 Å². The first-order chi connectivity index (χ1) is 8.99. The summed E-state index contributed by atoms with van der Waals surface area (Å²) in [7, 11) is 1.54. The number of aromatic carboxylic acids is 1. The molecular formula is C11H10FN3O3S. The minimum absolute atomic E-state index is 0.0212. The summed E-state index contributed by atoms with van der Waals surface area (Å²) >= 11 is 1.14. The SMILES string of the molecule is Cn1c(SCc2cc(C(=O)O)ccc2F)n[nH]c1=O. The van der Waals surface area contributed by atoms with E-state index in [4.69, 9.17) is 5.11 Å². The molecule has 0 amide bonds. The minimum atomic E-state index is -1.11. The third kappa shape index (κ3) is 2.84.